The molecule has 1 N–H and O–H groups in total. The van der Waals surface area contributed by atoms with Crippen molar-refractivity contribution in [1.29, 1.82) is 0 Å². The molecule has 0 aromatic carbocycles. The predicted molar refractivity (Wildman–Crippen MR) is 60.0 cm³/mol. The zero-order chi connectivity index (χ0) is 12.6. The molecule has 2 atom stereocenters. The number of H-pyrrole nitrogens is 1. The van der Waals surface area contributed by atoms with Crippen LogP contribution in [0, 0.1) is 5.82 Å². The first-order chi connectivity index (χ1) is 8.04. The first-order valence-electron chi connectivity index (χ1n) is 5.27. The highest BCUT2D eigenvalue weighted by Crippen LogP contribution is 2.29. The normalized spacial score (nSPS) is 24.2. The molecule has 0 radical (unpaired) electrons. The van der Waals surface area contributed by atoms with Gasteiger partial charge in [0.2, 0.25) is 5.82 Å². The Balaban J connectivity index is 2.44. The van der Waals surface area contributed by atoms with Crippen LogP contribution in [0.2, 0.25) is 5.15 Å². The van der Waals surface area contributed by atoms with Gasteiger partial charge in [0.1, 0.15) is 0 Å². The highest BCUT2D eigenvalue weighted by molar-refractivity contribution is 6.29. The second-order valence-corrected chi connectivity index (χ2v) is 4.44. The van der Waals surface area contributed by atoms with Gasteiger partial charge in [-0.15, -0.1) is 0 Å². The van der Waals surface area contributed by atoms with Gasteiger partial charge in [0.05, 0.1) is 6.10 Å². The van der Waals surface area contributed by atoms with E-state index in [1.54, 1.807) is 7.11 Å². The summed E-state index contributed by atoms with van der Waals surface area (Å²) >= 11 is 5.39. The molecule has 1 aromatic heterocycles. The molecule has 1 heterocycles. The summed E-state index contributed by atoms with van der Waals surface area (Å²) in [6, 6.07) is -0.331. The SMILES string of the molecule is COC1CCC(n2c(=O)[nH]c(Cl)c(F)c2=O)C1. The van der Waals surface area contributed by atoms with E-state index in [1.807, 2.05) is 0 Å². The van der Waals surface area contributed by atoms with Crippen LogP contribution in [0.15, 0.2) is 9.59 Å². The van der Waals surface area contributed by atoms with Crippen molar-refractivity contribution in [2.75, 3.05) is 7.11 Å². The molecular weight excluding hydrogens is 251 g/mol. The molecule has 5 nitrogen and oxygen atoms in total. The number of aromatic amines is 1. The average Bonchev–Trinajstić information content (AvgIpc) is 2.74. The Morgan fingerprint density at radius 2 is 2.18 bits per heavy atom. The van der Waals surface area contributed by atoms with E-state index in [4.69, 9.17) is 16.3 Å². The van der Waals surface area contributed by atoms with E-state index in [0.717, 1.165) is 11.0 Å². The van der Waals surface area contributed by atoms with E-state index in [-0.39, 0.29) is 12.1 Å². The van der Waals surface area contributed by atoms with Crippen molar-refractivity contribution in [2.45, 2.75) is 31.4 Å². The third-order valence-electron chi connectivity index (χ3n) is 3.09. The van der Waals surface area contributed by atoms with Gasteiger partial charge < -0.3 is 4.74 Å². The Kier molecular flexibility index (Phi) is 3.35. The van der Waals surface area contributed by atoms with E-state index in [1.165, 1.54) is 0 Å². The van der Waals surface area contributed by atoms with Crippen molar-refractivity contribution in [3.05, 3.63) is 31.8 Å². The second kappa shape index (κ2) is 4.62. The molecule has 17 heavy (non-hydrogen) atoms. The number of nitrogens with one attached hydrogen (secondary N) is 1. The molecule has 7 heteroatoms. The number of ether oxygens (including phenoxy) is 1. The molecule has 0 spiro atoms. The maximum absolute atomic E-state index is 13.3. The lowest BCUT2D eigenvalue weighted by atomic mass is 10.2. The number of hydrogen-bond donors (Lipinski definition) is 1. The molecule has 2 rings (SSSR count). The topological polar surface area (TPSA) is 64.1 Å². The fraction of sp³-hybridized carbons (Fsp3) is 0.600. The lowest BCUT2D eigenvalue weighted by molar-refractivity contribution is 0.105. The summed E-state index contributed by atoms with van der Waals surface area (Å²) in [7, 11) is 1.57. The minimum absolute atomic E-state index is 0.00467. The smallest absolute Gasteiger partial charge is 0.329 e. The highest BCUT2D eigenvalue weighted by atomic mass is 35.5. The molecule has 94 valence electrons. The van der Waals surface area contributed by atoms with Crippen LogP contribution < -0.4 is 11.2 Å². The van der Waals surface area contributed by atoms with Crippen LogP contribution in [0.1, 0.15) is 25.3 Å². The van der Waals surface area contributed by atoms with Gasteiger partial charge in [-0.3, -0.25) is 14.3 Å². The van der Waals surface area contributed by atoms with Crippen molar-refractivity contribution >= 4 is 11.6 Å². The summed E-state index contributed by atoms with van der Waals surface area (Å²) in [5.41, 5.74) is -1.65. The third-order valence-corrected chi connectivity index (χ3v) is 3.35. The molecule has 0 saturated heterocycles. The van der Waals surface area contributed by atoms with Gasteiger partial charge in [-0.25, -0.2) is 4.79 Å². The van der Waals surface area contributed by atoms with E-state index in [9.17, 15) is 14.0 Å². The number of aromatic nitrogens is 2. The average molecular weight is 263 g/mol. The highest BCUT2D eigenvalue weighted by Gasteiger charge is 2.29. The van der Waals surface area contributed by atoms with Crippen molar-refractivity contribution in [2.24, 2.45) is 0 Å². The standard InChI is InChI=1S/C10H12ClFN2O3/c1-17-6-3-2-5(4-6)14-9(15)7(12)8(11)13-10(14)16/h5-6H,2-4H2,1H3,(H,13,16). The summed E-state index contributed by atoms with van der Waals surface area (Å²) in [6.07, 6.45) is 1.89. The van der Waals surface area contributed by atoms with Crippen LogP contribution in [0.4, 0.5) is 4.39 Å². The first-order valence-corrected chi connectivity index (χ1v) is 5.65. The summed E-state index contributed by atoms with van der Waals surface area (Å²) in [5, 5.41) is -0.544. The molecule has 0 aliphatic heterocycles. The lowest BCUT2D eigenvalue weighted by Gasteiger charge is -2.13. The third kappa shape index (κ3) is 2.14. The summed E-state index contributed by atoms with van der Waals surface area (Å²) in [4.78, 5) is 25.4. The maximum atomic E-state index is 13.3. The molecule has 1 aromatic rings. The van der Waals surface area contributed by atoms with Gasteiger partial charge in [0.25, 0.3) is 5.56 Å². The fourth-order valence-corrected chi connectivity index (χ4v) is 2.36. The number of halogens is 2. The first kappa shape index (κ1) is 12.3. The van der Waals surface area contributed by atoms with E-state index >= 15 is 0 Å². The number of methoxy groups -OCH3 is 1. The van der Waals surface area contributed by atoms with E-state index in [0.29, 0.717) is 12.8 Å². The van der Waals surface area contributed by atoms with Crippen LogP contribution in [0.3, 0.4) is 0 Å². The summed E-state index contributed by atoms with van der Waals surface area (Å²) in [6.45, 7) is 0. The number of nitrogens with zero attached hydrogens (tertiary/aromatic N) is 1. The van der Waals surface area contributed by atoms with Gasteiger partial charge in [0, 0.05) is 13.2 Å². The Hall–Kier alpha value is -1.14. The van der Waals surface area contributed by atoms with Crippen molar-refractivity contribution in [3.63, 3.8) is 0 Å². The number of rotatable bonds is 2. The monoisotopic (exact) mass is 262 g/mol. The zero-order valence-corrected chi connectivity index (χ0v) is 9.96. The Labute approximate surface area is 101 Å². The van der Waals surface area contributed by atoms with Gasteiger partial charge in [-0.05, 0) is 19.3 Å². The van der Waals surface area contributed by atoms with Crippen LogP contribution >= 0.6 is 11.6 Å². The molecule has 1 aliphatic rings. The van der Waals surface area contributed by atoms with Crippen LogP contribution in [0.25, 0.3) is 0 Å². The van der Waals surface area contributed by atoms with Gasteiger partial charge in [0.15, 0.2) is 5.15 Å². The second-order valence-electron chi connectivity index (χ2n) is 4.06. The molecule has 1 saturated carbocycles. The lowest BCUT2D eigenvalue weighted by Crippen LogP contribution is -2.39. The van der Waals surface area contributed by atoms with E-state index < -0.39 is 22.2 Å². The number of hydrogen-bond acceptors (Lipinski definition) is 3. The van der Waals surface area contributed by atoms with Crippen molar-refractivity contribution in [1.82, 2.24) is 9.55 Å². The van der Waals surface area contributed by atoms with Gasteiger partial charge in [-0.2, -0.15) is 4.39 Å². The van der Waals surface area contributed by atoms with Crippen molar-refractivity contribution in [3.8, 4) is 0 Å². The Morgan fingerprint density at radius 1 is 1.47 bits per heavy atom. The van der Waals surface area contributed by atoms with Crippen LogP contribution in [0.5, 0.6) is 0 Å². The minimum Gasteiger partial charge on any atom is -0.381 e. The molecule has 1 aliphatic carbocycles. The Bertz CT molecular complexity index is 539. The quantitative estimate of drug-likeness (QED) is 0.811. The van der Waals surface area contributed by atoms with Crippen molar-refractivity contribution < 1.29 is 9.13 Å². The molecule has 0 amide bonds. The largest absolute Gasteiger partial charge is 0.381 e. The van der Waals surface area contributed by atoms with Crippen LogP contribution in [-0.2, 0) is 4.74 Å². The van der Waals surface area contributed by atoms with Gasteiger partial charge >= 0.3 is 5.69 Å². The molecular formula is C10H12ClFN2O3. The maximum Gasteiger partial charge on any atom is 0.329 e. The van der Waals surface area contributed by atoms with E-state index in [2.05, 4.69) is 4.98 Å². The zero-order valence-electron chi connectivity index (χ0n) is 9.20. The summed E-state index contributed by atoms with van der Waals surface area (Å²) < 4.78 is 19.4. The minimum atomic E-state index is -1.12. The van der Waals surface area contributed by atoms with Crippen LogP contribution in [-0.4, -0.2) is 22.8 Å². The Morgan fingerprint density at radius 3 is 2.76 bits per heavy atom. The molecule has 2 unspecified atom stereocenters. The predicted octanol–water partition coefficient (Wildman–Crippen LogP) is 1.07. The molecule has 1 fully saturated rings. The summed E-state index contributed by atoms with van der Waals surface area (Å²) in [5.74, 6) is -1.12. The fourth-order valence-electron chi connectivity index (χ4n) is 2.20. The van der Waals surface area contributed by atoms with Gasteiger partial charge in [-0.1, -0.05) is 11.6 Å². The molecule has 0 bridgehead atoms.